The number of para-hydroxylation sites is 1. The molecule has 2 aromatic carbocycles. The number of hydrogen-bond acceptors (Lipinski definition) is 2. The van der Waals surface area contributed by atoms with Crippen LogP contribution >= 0.6 is 0 Å². The van der Waals surface area contributed by atoms with Crippen LogP contribution in [0.2, 0.25) is 0 Å². The van der Waals surface area contributed by atoms with Crippen molar-refractivity contribution in [2.45, 2.75) is 6.42 Å². The fourth-order valence-electron chi connectivity index (χ4n) is 3.57. The highest BCUT2D eigenvalue weighted by molar-refractivity contribution is 6.32. The lowest BCUT2D eigenvalue weighted by Gasteiger charge is -2.05. The van der Waals surface area contributed by atoms with Crippen LogP contribution in [-0.2, 0) is 6.42 Å². The van der Waals surface area contributed by atoms with E-state index in [1.807, 2.05) is 48.5 Å². The monoisotopic (exact) mass is 310 g/mol. The Kier molecular flexibility index (Phi) is 2.71. The number of Topliss-reactive ketones (excluding diaryl/α,β-unsaturated/α-hetero) is 1. The van der Waals surface area contributed by atoms with E-state index in [-0.39, 0.29) is 5.78 Å². The first-order valence-electron chi connectivity index (χ1n) is 8.01. The Balaban J connectivity index is 1.71. The fourth-order valence-corrected chi connectivity index (χ4v) is 3.57. The molecule has 114 valence electrons. The second kappa shape index (κ2) is 4.90. The second-order valence-electron chi connectivity index (χ2n) is 6.06. The molecule has 0 spiro atoms. The van der Waals surface area contributed by atoms with E-state index in [1.54, 1.807) is 6.20 Å². The highest BCUT2D eigenvalue weighted by atomic mass is 16.1. The first-order chi connectivity index (χ1) is 11.8. The molecule has 0 radical (unpaired) electrons. The van der Waals surface area contributed by atoms with Gasteiger partial charge in [0, 0.05) is 28.1 Å². The lowest BCUT2D eigenvalue weighted by Crippen LogP contribution is -2.05. The zero-order valence-corrected chi connectivity index (χ0v) is 12.9. The van der Waals surface area contributed by atoms with Crippen LogP contribution in [0.15, 0.2) is 66.9 Å². The maximum absolute atomic E-state index is 13.1. The molecule has 3 heteroatoms. The van der Waals surface area contributed by atoms with Gasteiger partial charge < -0.3 is 4.98 Å². The Morgan fingerprint density at radius 3 is 2.75 bits per heavy atom. The van der Waals surface area contributed by atoms with Gasteiger partial charge in [0.2, 0.25) is 5.78 Å². The third-order valence-electron chi connectivity index (χ3n) is 4.72. The van der Waals surface area contributed by atoms with E-state index in [1.165, 1.54) is 5.56 Å². The number of pyridine rings is 1. The van der Waals surface area contributed by atoms with Gasteiger partial charge in [-0.2, -0.15) is 0 Å². The van der Waals surface area contributed by atoms with Gasteiger partial charge in [-0.05, 0) is 29.7 Å². The summed E-state index contributed by atoms with van der Waals surface area (Å²) in [6, 6.07) is 18.1. The molecule has 0 aliphatic heterocycles. The molecule has 0 atom stereocenters. The zero-order chi connectivity index (χ0) is 16.1. The minimum absolute atomic E-state index is 0.0166. The number of aromatic nitrogens is 2. The average molecular weight is 310 g/mol. The molecule has 0 amide bonds. The number of nitrogens with zero attached hydrogens (tertiary/aromatic N) is 1. The predicted octanol–water partition coefficient (Wildman–Crippen LogP) is 4.54. The van der Waals surface area contributed by atoms with Crippen molar-refractivity contribution >= 4 is 33.2 Å². The Hall–Kier alpha value is -3.20. The van der Waals surface area contributed by atoms with Gasteiger partial charge in [-0.3, -0.25) is 9.78 Å². The molecule has 2 aromatic heterocycles. The summed E-state index contributed by atoms with van der Waals surface area (Å²) in [5.41, 5.74) is 5.31. The number of H-pyrrole nitrogens is 1. The van der Waals surface area contributed by atoms with Crippen LogP contribution in [0, 0.1) is 0 Å². The SMILES string of the molecule is O=C(C1=CCc2ccccc21)c1nccc2c1[nH]c1ccccc12. The normalized spacial score (nSPS) is 13.2. The van der Waals surface area contributed by atoms with Gasteiger partial charge in [0.05, 0.1) is 5.52 Å². The first kappa shape index (κ1) is 13.3. The third kappa shape index (κ3) is 1.78. The van der Waals surface area contributed by atoms with Crippen LogP contribution in [-0.4, -0.2) is 15.8 Å². The molecular weight excluding hydrogens is 296 g/mol. The van der Waals surface area contributed by atoms with Crippen LogP contribution in [0.1, 0.15) is 21.6 Å². The molecular formula is C21H14N2O. The van der Waals surface area contributed by atoms with Gasteiger partial charge in [-0.15, -0.1) is 0 Å². The molecule has 0 fully saturated rings. The Morgan fingerprint density at radius 1 is 0.958 bits per heavy atom. The van der Waals surface area contributed by atoms with Crippen LogP contribution in [0.3, 0.4) is 0 Å². The maximum Gasteiger partial charge on any atom is 0.213 e. The van der Waals surface area contributed by atoms with Crippen molar-refractivity contribution in [1.82, 2.24) is 9.97 Å². The first-order valence-corrected chi connectivity index (χ1v) is 8.01. The molecule has 5 rings (SSSR count). The van der Waals surface area contributed by atoms with Gasteiger partial charge in [-0.25, -0.2) is 0 Å². The third-order valence-corrected chi connectivity index (χ3v) is 4.72. The van der Waals surface area contributed by atoms with E-state index < -0.39 is 0 Å². The molecule has 0 saturated heterocycles. The number of rotatable bonds is 2. The topological polar surface area (TPSA) is 45.8 Å². The molecule has 3 nitrogen and oxygen atoms in total. The summed E-state index contributed by atoms with van der Waals surface area (Å²) in [5, 5.41) is 2.15. The number of ketones is 1. The van der Waals surface area contributed by atoms with Crippen molar-refractivity contribution < 1.29 is 4.79 Å². The smallest absolute Gasteiger partial charge is 0.213 e. The van der Waals surface area contributed by atoms with Gasteiger partial charge >= 0.3 is 0 Å². The van der Waals surface area contributed by atoms with Crippen LogP contribution in [0.25, 0.3) is 27.4 Å². The summed E-state index contributed by atoms with van der Waals surface area (Å²) in [7, 11) is 0. The highest BCUT2D eigenvalue weighted by Gasteiger charge is 2.24. The summed E-state index contributed by atoms with van der Waals surface area (Å²) < 4.78 is 0. The van der Waals surface area contributed by atoms with E-state index in [0.717, 1.165) is 39.4 Å². The molecule has 1 aliphatic carbocycles. The average Bonchev–Trinajstić information content (AvgIpc) is 3.22. The van der Waals surface area contributed by atoms with E-state index >= 15 is 0 Å². The van der Waals surface area contributed by atoms with Crippen molar-refractivity contribution in [3.05, 3.63) is 83.7 Å². The summed E-state index contributed by atoms with van der Waals surface area (Å²) in [6.07, 6.45) is 4.54. The minimum atomic E-state index is -0.0166. The Bertz CT molecular complexity index is 1150. The largest absolute Gasteiger partial charge is 0.353 e. The van der Waals surface area contributed by atoms with E-state index in [2.05, 4.69) is 22.1 Å². The highest BCUT2D eigenvalue weighted by Crippen LogP contribution is 2.32. The lowest BCUT2D eigenvalue weighted by molar-refractivity contribution is 0.105. The summed E-state index contributed by atoms with van der Waals surface area (Å²) >= 11 is 0. The quantitative estimate of drug-likeness (QED) is 0.553. The summed E-state index contributed by atoms with van der Waals surface area (Å²) in [5.74, 6) is -0.0166. The van der Waals surface area contributed by atoms with E-state index in [0.29, 0.717) is 5.69 Å². The number of nitrogens with one attached hydrogen (secondary N) is 1. The Labute approximate surface area is 138 Å². The molecule has 4 aromatic rings. The zero-order valence-electron chi connectivity index (χ0n) is 12.9. The van der Waals surface area contributed by atoms with Crippen molar-refractivity contribution in [1.29, 1.82) is 0 Å². The maximum atomic E-state index is 13.1. The van der Waals surface area contributed by atoms with Gasteiger partial charge in [0.1, 0.15) is 5.69 Å². The number of carbonyl (C=O) groups is 1. The molecule has 0 bridgehead atoms. The van der Waals surface area contributed by atoms with Crippen LogP contribution < -0.4 is 0 Å². The van der Waals surface area contributed by atoms with Crippen LogP contribution in [0.4, 0.5) is 0 Å². The molecule has 1 N–H and O–H groups in total. The Morgan fingerprint density at radius 2 is 1.79 bits per heavy atom. The summed E-state index contributed by atoms with van der Waals surface area (Å²) in [4.78, 5) is 20.9. The predicted molar refractivity (Wildman–Crippen MR) is 96.1 cm³/mol. The standard InChI is InChI=1S/C21H14N2O/c24-21(17-10-9-13-5-1-2-6-14(13)17)20-19-16(11-12-22-20)15-7-3-4-8-18(15)23-19/h1-8,10-12,23H,9H2. The number of carbonyl (C=O) groups excluding carboxylic acids is 1. The minimum Gasteiger partial charge on any atom is -0.353 e. The number of hydrogen-bond donors (Lipinski definition) is 1. The van der Waals surface area contributed by atoms with E-state index in [9.17, 15) is 4.79 Å². The molecule has 1 aliphatic rings. The fraction of sp³-hybridized carbons (Fsp3) is 0.0476. The van der Waals surface area contributed by atoms with Crippen molar-refractivity contribution in [3.8, 4) is 0 Å². The van der Waals surface area contributed by atoms with Gasteiger partial charge in [-0.1, -0.05) is 48.5 Å². The molecule has 2 heterocycles. The molecule has 0 saturated carbocycles. The van der Waals surface area contributed by atoms with Crippen molar-refractivity contribution in [3.63, 3.8) is 0 Å². The number of benzene rings is 2. The van der Waals surface area contributed by atoms with Crippen molar-refractivity contribution in [2.75, 3.05) is 0 Å². The second-order valence-corrected chi connectivity index (χ2v) is 6.06. The lowest BCUT2D eigenvalue weighted by atomic mass is 10.00. The molecule has 24 heavy (non-hydrogen) atoms. The number of allylic oxidation sites excluding steroid dienone is 2. The van der Waals surface area contributed by atoms with Gasteiger partial charge in [0.25, 0.3) is 0 Å². The van der Waals surface area contributed by atoms with Crippen molar-refractivity contribution in [2.24, 2.45) is 0 Å². The number of aromatic amines is 1. The van der Waals surface area contributed by atoms with E-state index in [4.69, 9.17) is 0 Å². The number of fused-ring (bicyclic) bond motifs is 4. The van der Waals surface area contributed by atoms with Gasteiger partial charge in [0.15, 0.2) is 0 Å². The molecule has 0 unspecified atom stereocenters. The summed E-state index contributed by atoms with van der Waals surface area (Å²) in [6.45, 7) is 0. The van der Waals surface area contributed by atoms with Crippen LogP contribution in [0.5, 0.6) is 0 Å².